The minimum absolute atomic E-state index is 0.0336. The van der Waals surface area contributed by atoms with Crippen molar-refractivity contribution in [3.63, 3.8) is 0 Å². The van der Waals surface area contributed by atoms with E-state index < -0.39 is 0 Å². The summed E-state index contributed by atoms with van der Waals surface area (Å²) in [5.74, 6) is 0.406. The average Bonchev–Trinajstić information content (AvgIpc) is 3.39. The second kappa shape index (κ2) is 9.04. The first-order valence-corrected chi connectivity index (χ1v) is 8.46. The summed E-state index contributed by atoms with van der Waals surface area (Å²) in [5.41, 5.74) is 0.639. The van der Waals surface area contributed by atoms with E-state index in [1.807, 2.05) is 19.2 Å². The van der Waals surface area contributed by atoms with E-state index in [2.05, 4.69) is 11.4 Å². The number of quaternary nitrogens is 1. The maximum Gasteiger partial charge on any atom is 0.282 e. The number of nitrogens with zero attached hydrogens (tertiary/aromatic N) is 2. The lowest BCUT2D eigenvalue weighted by atomic mass is 10.2. The molecule has 134 valence electrons. The Balaban J connectivity index is 2.01. The normalized spacial score (nSPS) is 14.3. The third-order valence-electron chi connectivity index (χ3n) is 3.98. The Morgan fingerprint density at radius 2 is 2.08 bits per heavy atom. The van der Waals surface area contributed by atoms with Crippen LogP contribution in [0.3, 0.4) is 0 Å². The van der Waals surface area contributed by atoms with Crippen LogP contribution in [-0.4, -0.2) is 51.6 Å². The molecule has 0 spiro atoms. The molecule has 25 heavy (non-hydrogen) atoms. The molecular formula is C18H25N4O3+. The smallest absolute Gasteiger partial charge is 0.282 e. The van der Waals surface area contributed by atoms with Crippen LogP contribution < -0.4 is 19.9 Å². The molecule has 0 heterocycles. The topological polar surface area (TPSA) is 86.9 Å². The van der Waals surface area contributed by atoms with Crippen molar-refractivity contribution >= 4 is 17.5 Å². The third kappa shape index (κ3) is 5.76. The molecule has 1 aromatic rings. The number of nitriles is 1. The molecule has 1 saturated carbocycles. The van der Waals surface area contributed by atoms with E-state index in [0.717, 1.165) is 17.7 Å². The van der Waals surface area contributed by atoms with Gasteiger partial charge in [0.25, 0.3) is 11.8 Å². The molecule has 1 aliphatic rings. The Hall–Kier alpha value is -2.59. The number of amides is 2. The van der Waals surface area contributed by atoms with Crippen molar-refractivity contribution in [3.05, 3.63) is 24.3 Å². The van der Waals surface area contributed by atoms with E-state index in [4.69, 9.17) is 10.00 Å². The summed E-state index contributed by atoms with van der Waals surface area (Å²) in [6.45, 7) is 0.707. The van der Waals surface area contributed by atoms with E-state index >= 15 is 0 Å². The van der Waals surface area contributed by atoms with Gasteiger partial charge >= 0.3 is 0 Å². The quantitative estimate of drug-likeness (QED) is 0.645. The average molecular weight is 345 g/mol. The number of methoxy groups -OCH3 is 1. The molecule has 1 aliphatic carbocycles. The van der Waals surface area contributed by atoms with E-state index in [-0.39, 0.29) is 37.9 Å². The van der Waals surface area contributed by atoms with Gasteiger partial charge in [-0.3, -0.25) is 9.59 Å². The molecule has 7 nitrogen and oxygen atoms in total. The summed E-state index contributed by atoms with van der Waals surface area (Å²) in [4.78, 5) is 27.0. The number of para-hydroxylation sites is 2. The van der Waals surface area contributed by atoms with E-state index in [1.165, 1.54) is 0 Å². The summed E-state index contributed by atoms with van der Waals surface area (Å²) < 4.78 is 5.33. The number of ether oxygens (including phenoxy) is 1. The van der Waals surface area contributed by atoms with E-state index in [9.17, 15) is 9.59 Å². The minimum Gasteiger partial charge on any atom is -0.495 e. The third-order valence-corrected chi connectivity index (χ3v) is 3.98. The van der Waals surface area contributed by atoms with Gasteiger partial charge in [0.15, 0.2) is 13.1 Å². The van der Waals surface area contributed by atoms with E-state index in [0.29, 0.717) is 17.5 Å². The summed E-state index contributed by atoms with van der Waals surface area (Å²) in [7, 11) is 3.36. The van der Waals surface area contributed by atoms with Crippen LogP contribution >= 0.6 is 0 Å². The predicted molar refractivity (Wildman–Crippen MR) is 93.4 cm³/mol. The number of hydrogen-bond acceptors (Lipinski definition) is 4. The van der Waals surface area contributed by atoms with Crippen molar-refractivity contribution in [3.8, 4) is 11.8 Å². The first-order chi connectivity index (χ1) is 12.0. The molecule has 0 aromatic heterocycles. The molecule has 0 saturated heterocycles. The Morgan fingerprint density at radius 3 is 2.72 bits per heavy atom. The van der Waals surface area contributed by atoms with Crippen LogP contribution in [0.2, 0.25) is 0 Å². The molecule has 2 rings (SSSR count). The standard InChI is InChI=1S/C18H24N4O3/c1-21(12-17(23)20-14-8-9-14)13-18(24)22(11-5-10-19)15-6-3-4-7-16(15)25-2/h3-4,6-7,14H,5,8-9,11-13H2,1-2H3,(H,20,23)/p+1. The first kappa shape index (κ1) is 18.7. The van der Waals surface area contributed by atoms with Gasteiger partial charge in [-0.25, -0.2) is 0 Å². The molecule has 1 fully saturated rings. The Labute approximate surface area is 148 Å². The van der Waals surface area contributed by atoms with Crippen molar-refractivity contribution < 1.29 is 19.2 Å². The van der Waals surface area contributed by atoms with Crippen LogP contribution in [0.15, 0.2) is 24.3 Å². The minimum atomic E-state index is -0.142. The molecule has 7 heteroatoms. The van der Waals surface area contributed by atoms with Gasteiger partial charge in [-0.05, 0) is 25.0 Å². The van der Waals surface area contributed by atoms with Crippen LogP contribution in [0.4, 0.5) is 5.69 Å². The monoisotopic (exact) mass is 345 g/mol. The maximum absolute atomic E-state index is 12.8. The van der Waals surface area contributed by atoms with Crippen molar-refractivity contribution in [2.24, 2.45) is 0 Å². The molecule has 0 aliphatic heterocycles. The lowest BCUT2D eigenvalue weighted by Crippen LogP contribution is -3.11. The summed E-state index contributed by atoms with van der Waals surface area (Å²) >= 11 is 0. The summed E-state index contributed by atoms with van der Waals surface area (Å²) in [6.07, 6.45) is 2.31. The van der Waals surface area contributed by atoms with Gasteiger partial charge in [0.2, 0.25) is 0 Å². The van der Waals surface area contributed by atoms with Gasteiger partial charge in [0.05, 0.1) is 32.3 Å². The second-order valence-corrected chi connectivity index (χ2v) is 6.28. The van der Waals surface area contributed by atoms with Crippen LogP contribution in [0.25, 0.3) is 0 Å². The zero-order valence-corrected chi connectivity index (χ0v) is 14.7. The number of benzene rings is 1. The first-order valence-electron chi connectivity index (χ1n) is 8.46. The van der Waals surface area contributed by atoms with Gasteiger partial charge in [-0.15, -0.1) is 0 Å². The van der Waals surface area contributed by atoms with Gasteiger partial charge in [-0.1, -0.05) is 12.1 Å². The summed E-state index contributed by atoms with van der Waals surface area (Å²) in [5, 5.41) is 11.8. The number of nitrogens with one attached hydrogen (secondary N) is 2. The Bertz CT molecular complexity index is 652. The number of carbonyl (C=O) groups is 2. The molecule has 0 radical (unpaired) electrons. The van der Waals surface area contributed by atoms with Gasteiger partial charge in [-0.2, -0.15) is 5.26 Å². The summed E-state index contributed by atoms with van der Waals surface area (Å²) in [6, 6.07) is 9.61. The number of likely N-dealkylation sites (N-methyl/N-ethyl adjacent to an activating group) is 1. The highest BCUT2D eigenvalue weighted by atomic mass is 16.5. The van der Waals surface area contributed by atoms with Crippen molar-refractivity contribution in [1.29, 1.82) is 5.26 Å². The van der Waals surface area contributed by atoms with Gasteiger partial charge in [0, 0.05) is 12.6 Å². The SMILES string of the molecule is COc1ccccc1N(CCC#N)C(=O)C[NH+](C)CC(=O)NC1CC1. The molecule has 1 unspecified atom stereocenters. The maximum atomic E-state index is 12.8. The van der Waals surface area contributed by atoms with Crippen molar-refractivity contribution in [2.75, 3.05) is 38.7 Å². The number of rotatable bonds is 9. The highest BCUT2D eigenvalue weighted by Crippen LogP contribution is 2.27. The molecule has 1 atom stereocenters. The van der Waals surface area contributed by atoms with Gasteiger partial charge < -0.3 is 19.9 Å². The van der Waals surface area contributed by atoms with Gasteiger partial charge in [0.1, 0.15) is 5.75 Å². The molecule has 1 aromatic carbocycles. The van der Waals surface area contributed by atoms with E-state index in [1.54, 1.807) is 24.1 Å². The van der Waals surface area contributed by atoms with Crippen LogP contribution in [0.1, 0.15) is 19.3 Å². The van der Waals surface area contributed by atoms with Crippen molar-refractivity contribution in [1.82, 2.24) is 5.32 Å². The predicted octanol–water partition coefficient (Wildman–Crippen LogP) is -0.265. The zero-order chi connectivity index (χ0) is 18.2. The molecule has 2 amide bonds. The number of anilines is 1. The highest BCUT2D eigenvalue weighted by molar-refractivity contribution is 5.95. The molecule has 2 N–H and O–H groups in total. The largest absolute Gasteiger partial charge is 0.495 e. The van der Waals surface area contributed by atoms with Crippen LogP contribution in [-0.2, 0) is 9.59 Å². The molecular weight excluding hydrogens is 320 g/mol. The number of hydrogen-bond donors (Lipinski definition) is 2. The second-order valence-electron chi connectivity index (χ2n) is 6.28. The fourth-order valence-electron chi connectivity index (χ4n) is 2.59. The Kier molecular flexibility index (Phi) is 6.78. The fourth-order valence-corrected chi connectivity index (χ4v) is 2.59. The zero-order valence-electron chi connectivity index (χ0n) is 14.7. The van der Waals surface area contributed by atoms with Crippen LogP contribution in [0.5, 0.6) is 5.75 Å². The molecule has 0 bridgehead atoms. The highest BCUT2D eigenvalue weighted by Gasteiger charge is 2.26. The van der Waals surface area contributed by atoms with Crippen molar-refractivity contribution in [2.45, 2.75) is 25.3 Å². The fraction of sp³-hybridized carbons (Fsp3) is 0.500. The lowest BCUT2D eigenvalue weighted by molar-refractivity contribution is -0.862. The van der Waals surface area contributed by atoms with Crippen LogP contribution in [0, 0.1) is 11.3 Å². The lowest BCUT2D eigenvalue weighted by Gasteiger charge is -2.24. The Morgan fingerprint density at radius 1 is 1.36 bits per heavy atom. The number of carbonyl (C=O) groups excluding carboxylic acids is 2.